The molecule has 2 aromatic carbocycles. The summed E-state index contributed by atoms with van der Waals surface area (Å²) < 4.78 is 5.30. The predicted molar refractivity (Wildman–Crippen MR) is 115 cm³/mol. The molecule has 1 amide bonds. The van der Waals surface area contributed by atoms with Gasteiger partial charge in [-0.3, -0.25) is 9.79 Å². The van der Waals surface area contributed by atoms with E-state index in [1.807, 2.05) is 42.5 Å². The molecular formula is C18H22ClIN4O2. The molecule has 0 bridgehead atoms. The van der Waals surface area contributed by atoms with Crippen LogP contribution in [-0.4, -0.2) is 25.5 Å². The standard InChI is InChI=1S/C18H21ClN4O2.HI/c1-21-18(23-11-14-6-2-3-8-16(14)19)22-10-13-5-4-7-15(9-13)25-12-17(20)24;/h2-9H,10-12H2,1H3,(H2,20,24)(H2,21,22,23);1H. The Morgan fingerprint density at radius 2 is 1.88 bits per heavy atom. The number of nitrogens with zero attached hydrogens (tertiary/aromatic N) is 1. The fourth-order valence-corrected chi connectivity index (χ4v) is 2.33. The lowest BCUT2D eigenvalue weighted by molar-refractivity contribution is -0.119. The first kappa shape index (κ1) is 22.0. The van der Waals surface area contributed by atoms with E-state index in [4.69, 9.17) is 22.1 Å². The molecule has 0 unspecified atom stereocenters. The molecule has 26 heavy (non-hydrogen) atoms. The number of rotatable bonds is 7. The van der Waals surface area contributed by atoms with Crippen LogP contribution in [0, 0.1) is 0 Å². The van der Waals surface area contributed by atoms with Crippen molar-refractivity contribution in [3.05, 3.63) is 64.7 Å². The summed E-state index contributed by atoms with van der Waals surface area (Å²) in [4.78, 5) is 15.0. The molecule has 0 radical (unpaired) electrons. The third-order valence-corrected chi connectivity index (χ3v) is 3.74. The first-order valence-electron chi connectivity index (χ1n) is 7.76. The van der Waals surface area contributed by atoms with E-state index in [-0.39, 0.29) is 30.6 Å². The van der Waals surface area contributed by atoms with Crippen molar-refractivity contribution in [3.63, 3.8) is 0 Å². The summed E-state index contributed by atoms with van der Waals surface area (Å²) in [6.45, 7) is 0.981. The molecule has 0 atom stereocenters. The van der Waals surface area contributed by atoms with Crippen LogP contribution in [-0.2, 0) is 17.9 Å². The molecule has 4 N–H and O–H groups in total. The van der Waals surface area contributed by atoms with Crippen molar-refractivity contribution >= 4 is 47.4 Å². The molecule has 8 heteroatoms. The Morgan fingerprint density at radius 1 is 1.15 bits per heavy atom. The molecule has 0 aliphatic rings. The average Bonchev–Trinajstić information content (AvgIpc) is 2.62. The number of halogens is 2. The van der Waals surface area contributed by atoms with E-state index in [2.05, 4.69) is 15.6 Å². The lowest BCUT2D eigenvalue weighted by Crippen LogP contribution is -2.36. The summed E-state index contributed by atoms with van der Waals surface area (Å²) in [5.74, 6) is 0.744. The summed E-state index contributed by atoms with van der Waals surface area (Å²) in [6, 6.07) is 15.1. The monoisotopic (exact) mass is 488 g/mol. The number of aliphatic imine (C=N–C) groups is 1. The number of primary amides is 1. The molecule has 0 saturated heterocycles. The molecule has 0 heterocycles. The largest absolute Gasteiger partial charge is 0.484 e. The first-order chi connectivity index (χ1) is 12.1. The van der Waals surface area contributed by atoms with Crippen molar-refractivity contribution in [2.45, 2.75) is 13.1 Å². The minimum atomic E-state index is -0.507. The molecule has 0 fully saturated rings. The van der Waals surface area contributed by atoms with Crippen LogP contribution < -0.4 is 21.1 Å². The van der Waals surface area contributed by atoms with Gasteiger partial charge in [0, 0.05) is 25.2 Å². The van der Waals surface area contributed by atoms with Crippen LogP contribution in [0.3, 0.4) is 0 Å². The zero-order valence-corrected chi connectivity index (χ0v) is 17.5. The van der Waals surface area contributed by atoms with Gasteiger partial charge < -0.3 is 21.1 Å². The molecular weight excluding hydrogens is 467 g/mol. The van der Waals surface area contributed by atoms with Gasteiger partial charge >= 0.3 is 0 Å². The summed E-state index contributed by atoms with van der Waals surface area (Å²) in [5, 5.41) is 7.14. The number of guanidine groups is 1. The quantitative estimate of drug-likeness (QED) is 0.318. The molecule has 0 saturated carbocycles. The number of hydrogen-bond acceptors (Lipinski definition) is 3. The van der Waals surface area contributed by atoms with Gasteiger partial charge in [-0.1, -0.05) is 41.9 Å². The van der Waals surface area contributed by atoms with Crippen LogP contribution in [0.4, 0.5) is 0 Å². The molecule has 0 spiro atoms. The Bertz CT molecular complexity index is 755. The molecule has 0 aromatic heterocycles. The van der Waals surface area contributed by atoms with E-state index in [0.717, 1.165) is 11.1 Å². The third kappa shape index (κ3) is 7.49. The average molecular weight is 489 g/mol. The maximum atomic E-state index is 10.8. The second-order valence-corrected chi connectivity index (χ2v) is 5.68. The normalized spacial score (nSPS) is 10.6. The Labute approximate surface area is 175 Å². The van der Waals surface area contributed by atoms with E-state index in [1.54, 1.807) is 13.1 Å². The fourth-order valence-electron chi connectivity index (χ4n) is 2.13. The van der Waals surface area contributed by atoms with E-state index in [1.165, 1.54) is 0 Å². The van der Waals surface area contributed by atoms with Gasteiger partial charge in [0.15, 0.2) is 12.6 Å². The van der Waals surface area contributed by atoms with E-state index >= 15 is 0 Å². The number of benzene rings is 2. The second-order valence-electron chi connectivity index (χ2n) is 5.27. The number of carbonyl (C=O) groups excluding carboxylic acids is 1. The summed E-state index contributed by atoms with van der Waals surface area (Å²) in [5.41, 5.74) is 7.06. The van der Waals surface area contributed by atoms with Gasteiger partial charge in [-0.05, 0) is 29.3 Å². The van der Waals surface area contributed by atoms with Gasteiger partial charge in [-0.2, -0.15) is 0 Å². The number of carbonyl (C=O) groups is 1. The van der Waals surface area contributed by atoms with Gasteiger partial charge in [0.2, 0.25) is 0 Å². The van der Waals surface area contributed by atoms with Crippen molar-refractivity contribution in [1.82, 2.24) is 10.6 Å². The highest BCUT2D eigenvalue weighted by molar-refractivity contribution is 14.0. The maximum absolute atomic E-state index is 10.8. The first-order valence-corrected chi connectivity index (χ1v) is 8.14. The zero-order chi connectivity index (χ0) is 18.1. The van der Waals surface area contributed by atoms with Crippen LogP contribution in [0.1, 0.15) is 11.1 Å². The minimum absolute atomic E-state index is 0. The Morgan fingerprint density at radius 3 is 2.58 bits per heavy atom. The predicted octanol–water partition coefficient (Wildman–Crippen LogP) is 2.69. The Hall–Kier alpha value is -2.00. The van der Waals surface area contributed by atoms with Crippen LogP contribution in [0.15, 0.2) is 53.5 Å². The molecule has 0 aliphatic heterocycles. The summed E-state index contributed by atoms with van der Waals surface area (Å²) in [6.07, 6.45) is 0. The topological polar surface area (TPSA) is 88.7 Å². The SMILES string of the molecule is CN=C(NCc1cccc(OCC(N)=O)c1)NCc1ccccc1Cl.I. The van der Waals surface area contributed by atoms with Crippen molar-refractivity contribution in [1.29, 1.82) is 0 Å². The highest BCUT2D eigenvalue weighted by atomic mass is 127. The van der Waals surface area contributed by atoms with E-state index < -0.39 is 5.91 Å². The van der Waals surface area contributed by atoms with Crippen molar-refractivity contribution in [3.8, 4) is 5.75 Å². The number of nitrogens with one attached hydrogen (secondary N) is 2. The number of ether oxygens (including phenoxy) is 1. The fraction of sp³-hybridized carbons (Fsp3) is 0.222. The van der Waals surface area contributed by atoms with Gasteiger partial charge in [-0.25, -0.2) is 0 Å². The van der Waals surface area contributed by atoms with E-state index in [9.17, 15) is 4.79 Å². The smallest absolute Gasteiger partial charge is 0.255 e. The Kier molecular flexibility index (Phi) is 9.82. The van der Waals surface area contributed by atoms with Gasteiger partial charge in [0.1, 0.15) is 5.75 Å². The van der Waals surface area contributed by atoms with Gasteiger partial charge in [0.25, 0.3) is 5.91 Å². The Balaban J connectivity index is 0.00000338. The summed E-state index contributed by atoms with van der Waals surface area (Å²) >= 11 is 6.15. The molecule has 6 nitrogen and oxygen atoms in total. The van der Waals surface area contributed by atoms with Crippen LogP contribution in [0.25, 0.3) is 0 Å². The van der Waals surface area contributed by atoms with Crippen molar-refractivity contribution in [2.24, 2.45) is 10.7 Å². The lowest BCUT2D eigenvalue weighted by Gasteiger charge is -2.13. The third-order valence-electron chi connectivity index (χ3n) is 3.37. The molecule has 140 valence electrons. The molecule has 2 aromatic rings. The van der Waals surface area contributed by atoms with Crippen molar-refractivity contribution in [2.75, 3.05) is 13.7 Å². The van der Waals surface area contributed by atoms with Crippen molar-refractivity contribution < 1.29 is 9.53 Å². The minimum Gasteiger partial charge on any atom is -0.484 e. The highest BCUT2D eigenvalue weighted by Crippen LogP contribution is 2.14. The van der Waals surface area contributed by atoms with Crippen LogP contribution >= 0.6 is 35.6 Å². The number of amides is 1. The summed E-state index contributed by atoms with van der Waals surface area (Å²) in [7, 11) is 1.70. The lowest BCUT2D eigenvalue weighted by atomic mass is 10.2. The highest BCUT2D eigenvalue weighted by Gasteiger charge is 2.03. The second kappa shape index (κ2) is 11.6. The zero-order valence-electron chi connectivity index (χ0n) is 14.4. The van der Waals surface area contributed by atoms with Crippen LogP contribution in [0.5, 0.6) is 5.75 Å². The molecule has 0 aliphatic carbocycles. The van der Waals surface area contributed by atoms with Crippen LogP contribution in [0.2, 0.25) is 5.02 Å². The van der Waals surface area contributed by atoms with Gasteiger partial charge in [-0.15, -0.1) is 24.0 Å². The maximum Gasteiger partial charge on any atom is 0.255 e. The molecule has 2 rings (SSSR count). The van der Waals surface area contributed by atoms with E-state index in [0.29, 0.717) is 29.8 Å². The van der Waals surface area contributed by atoms with Gasteiger partial charge in [0.05, 0.1) is 0 Å². The number of nitrogens with two attached hydrogens (primary N) is 1. The number of hydrogen-bond donors (Lipinski definition) is 3.